The SMILES string of the molecule is CSc1cc(-c2cccs2)cc(C=NC2CC2)c1N. The molecule has 0 spiro atoms. The molecule has 0 amide bonds. The zero-order valence-electron chi connectivity index (χ0n) is 10.8. The van der Waals surface area contributed by atoms with E-state index in [4.69, 9.17) is 5.73 Å². The quantitative estimate of drug-likeness (QED) is 0.517. The van der Waals surface area contributed by atoms with Crippen LogP contribution in [0.25, 0.3) is 10.4 Å². The Morgan fingerprint density at radius 1 is 1.42 bits per heavy atom. The monoisotopic (exact) mass is 288 g/mol. The molecule has 1 aromatic heterocycles. The van der Waals surface area contributed by atoms with E-state index in [-0.39, 0.29) is 0 Å². The van der Waals surface area contributed by atoms with Gasteiger partial charge in [0.15, 0.2) is 0 Å². The third kappa shape index (κ3) is 2.85. The van der Waals surface area contributed by atoms with Gasteiger partial charge in [0.25, 0.3) is 0 Å². The summed E-state index contributed by atoms with van der Waals surface area (Å²) in [4.78, 5) is 6.96. The second-order valence-corrected chi connectivity index (χ2v) is 6.46. The molecule has 3 rings (SSSR count). The van der Waals surface area contributed by atoms with Gasteiger partial charge in [-0.25, -0.2) is 0 Å². The molecule has 0 bridgehead atoms. The van der Waals surface area contributed by atoms with Crippen molar-refractivity contribution < 1.29 is 0 Å². The Hall–Kier alpha value is -1.26. The maximum absolute atomic E-state index is 6.21. The van der Waals surface area contributed by atoms with Crippen LogP contribution in [-0.4, -0.2) is 18.5 Å². The van der Waals surface area contributed by atoms with Gasteiger partial charge < -0.3 is 5.73 Å². The maximum Gasteiger partial charge on any atom is 0.0541 e. The number of thiophene rings is 1. The van der Waals surface area contributed by atoms with Crippen LogP contribution in [0.15, 0.2) is 39.5 Å². The number of benzene rings is 1. The molecule has 0 atom stereocenters. The van der Waals surface area contributed by atoms with E-state index < -0.39 is 0 Å². The number of hydrogen-bond donors (Lipinski definition) is 1. The molecule has 2 aromatic rings. The largest absolute Gasteiger partial charge is 0.397 e. The number of nitrogens with two attached hydrogens (primary N) is 1. The van der Waals surface area contributed by atoms with Crippen molar-refractivity contribution in [2.24, 2.45) is 4.99 Å². The van der Waals surface area contributed by atoms with Crippen LogP contribution >= 0.6 is 23.1 Å². The van der Waals surface area contributed by atoms with Gasteiger partial charge in [0.1, 0.15) is 0 Å². The molecule has 1 aliphatic carbocycles. The topological polar surface area (TPSA) is 38.4 Å². The van der Waals surface area contributed by atoms with Crippen molar-refractivity contribution in [3.8, 4) is 10.4 Å². The molecule has 19 heavy (non-hydrogen) atoms. The van der Waals surface area contributed by atoms with Crippen molar-refractivity contribution >= 4 is 35.0 Å². The average molecular weight is 288 g/mol. The van der Waals surface area contributed by atoms with Crippen molar-refractivity contribution in [1.29, 1.82) is 0 Å². The molecule has 4 heteroatoms. The molecule has 0 aliphatic heterocycles. The Kier molecular flexibility index (Phi) is 3.62. The Bertz CT molecular complexity index is 599. The van der Waals surface area contributed by atoms with Crippen molar-refractivity contribution in [1.82, 2.24) is 0 Å². The van der Waals surface area contributed by atoms with E-state index in [1.54, 1.807) is 23.1 Å². The van der Waals surface area contributed by atoms with E-state index in [2.05, 4.69) is 40.9 Å². The molecular formula is C15H16N2S2. The molecule has 0 unspecified atom stereocenters. The summed E-state index contributed by atoms with van der Waals surface area (Å²) in [6.45, 7) is 0. The van der Waals surface area contributed by atoms with Crippen LogP contribution < -0.4 is 5.73 Å². The van der Waals surface area contributed by atoms with Crippen LogP contribution in [0.2, 0.25) is 0 Å². The molecule has 0 radical (unpaired) electrons. The van der Waals surface area contributed by atoms with Gasteiger partial charge in [0.05, 0.1) is 11.7 Å². The fraction of sp³-hybridized carbons (Fsp3) is 0.267. The molecule has 0 saturated heterocycles. The minimum atomic E-state index is 0.530. The minimum Gasteiger partial charge on any atom is -0.397 e. The average Bonchev–Trinajstić information content (AvgIpc) is 3.09. The fourth-order valence-electron chi connectivity index (χ4n) is 1.92. The Balaban J connectivity index is 2.03. The molecule has 1 saturated carbocycles. The molecule has 2 nitrogen and oxygen atoms in total. The number of anilines is 1. The van der Waals surface area contributed by atoms with E-state index in [9.17, 15) is 0 Å². The van der Waals surface area contributed by atoms with Gasteiger partial charge in [-0.1, -0.05) is 6.07 Å². The van der Waals surface area contributed by atoms with E-state index in [0.29, 0.717) is 6.04 Å². The zero-order chi connectivity index (χ0) is 13.2. The number of hydrogen-bond acceptors (Lipinski definition) is 4. The van der Waals surface area contributed by atoms with Crippen LogP contribution in [0.5, 0.6) is 0 Å². The number of aliphatic imine (C=N–C) groups is 1. The summed E-state index contributed by atoms with van der Waals surface area (Å²) in [5.41, 5.74) is 9.33. The highest BCUT2D eigenvalue weighted by Gasteiger charge is 2.19. The van der Waals surface area contributed by atoms with Crippen LogP contribution in [0, 0.1) is 0 Å². The molecule has 1 aromatic carbocycles. The highest BCUT2D eigenvalue weighted by Crippen LogP contribution is 2.34. The first-order valence-corrected chi connectivity index (χ1v) is 8.43. The van der Waals surface area contributed by atoms with E-state index >= 15 is 0 Å². The Labute approximate surface area is 121 Å². The lowest BCUT2D eigenvalue weighted by Crippen LogP contribution is -1.97. The molecule has 1 aliphatic rings. The van der Waals surface area contributed by atoms with Gasteiger partial charge in [-0.3, -0.25) is 4.99 Å². The molecule has 1 heterocycles. The van der Waals surface area contributed by atoms with Gasteiger partial charge >= 0.3 is 0 Å². The normalized spacial score (nSPS) is 15.2. The predicted molar refractivity (Wildman–Crippen MR) is 86.6 cm³/mol. The first-order chi connectivity index (χ1) is 9.28. The van der Waals surface area contributed by atoms with Crippen LogP contribution in [0.4, 0.5) is 5.69 Å². The van der Waals surface area contributed by atoms with Crippen molar-refractivity contribution in [2.45, 2.75) is 23.8 Å². The first-order valence-electron chi connectivity index (χ1n) is 6.32. The highest BCUT2D eigenvalue weighted by atomic mass is 32.2. The molecular weight excluding hydrogens is 272 g/mol. The van der Waals surface area contributed by atoms with Gasteiger partial charge in [0.2, 0.25) is 0 Å². The third-order valence-corrected chi connectivity index (χ3v) is 4.87. The van der Waals surface area contributed by atoms with E-state index in [1.165, 1.54) is 23.3 Å². The van der Waals surface area contributed by atoms with Crippen LogP contribution in [0.3, 0.4) is 0 Å². The molecule has 2 N–H and O–H groups in total. The van der Waals surface area contributed by atoms with E-state index in [0.717, 1.165) is 16.1 Å². The lowest BCUT2D eigenvalue weighted by atomic mass is 10.1. The Morgan fingerprint density at radius 2 is 2.26 bits per heavy atom. The third-order valence-electron chi connectivity index (χ3n) is 3.17. The van der Waals surface area contributed by atoms with Crippen LogP contribution in [-0.2, 0) is 0 Å². The highest BCUT2D eigenvalue weighted by molar-refractivity contribution is 7.98. The summed E-state index contributed by atoms with van der Waals surface area (Å²) in [5, 5.41) is 2.10. The number of thioether (sulfide) groups is 1. The summed E-state index contributed by atoms with van der Waals surface area (Å²) in [5.74, 6) is 0. The second-order valence-electron chi connectivity index (χ2n) is 4.67. The minimum absolute atomic E-state index is 0.530. The lowest BCUT2D eigenvalue weighted by molar-refractivity contribution is 1.08. The first kappa shape index (κ1) is 12.8. The van der Waals surface area contributed by atoms with Gasteiger partial charge in [-0.2, -0.15) is 0 Å². The summed E-state index contributed by atoms with van der Waals surface area (Å²) in [6.07, 6.45) is 6.45. The molecule has 1 fully saturated rings. The Morgan fingerprint density at radius 3 is 2.89 bits per heavy atom. The summed E-state index contributed by atoms with van der Waals surface area (Å²) in [6, 6.07) is 9.06. The van der Waals surface area contributed by atoms with Crippen LogP contribution in [0.1, 0.15) is 18.4 Å². The predicted octanol–water partition coefficient (Wildman–Crippen LogP) is 4.30. The van der Waals surface area contributed by atoms with Gasteiger partial charge in [-0.05, 0) is 48.2 Å². The summed E-state index contributed by atoms with van der Waals surface area (Å²) in [7, 11) is 0. The number of rotatable bonds is 4. The maximum atomic E-state index is 6.21. The summed E-state index contributed by atoms with van der Waals surface area (Å²) >= 11 is 3.44. The standard InChI is InChI=1S/C15H16N2S2/c1-18-14-8-10(13-3-2-6-19-13)7-11(15(14)16)9-17-12-4-5-12/h2-3,6-9,12H,4-5,16H2,1H3. The van der Waals surface area contributed by atoms with Crippen molar-refractivity contribution in [3.05, 3.63) is 35.2 Å². The number of nitrogens with zero attached hydrogens (tertiary/aromatic N) is 1. The van der Waals surface area contributed by atoms with Crippen molar-refractivity contribution in [2.75, 3.05) is 12.0 Å². The second kappa shape index (κ2) is 5.39. The number of nitrogen functional groups attached to an aromatic ring is 1. The van der Waals surface area contributed by atoms with Gasteiger partial charge in [0, 0.05) is 21.6 Å². The smallest absolute Gasteiger partial charge is 0.0541 e. The lowest BCUT2D eigenvalue weighted by Gasteiger charge is -2.09. The fourth-order valence-corrected chi connectivity index (χ4v) is 3.22. The zero-order valence-corrected chi connectivity index (χ0v) is 12.4. The summed E-state index contributed by atoms with van der Waals surface area (Å²) < 4.78 is 0. The van der Waals surface area contributed by atoms with Crippen molar-refractivity contribution in [3.63, 3.8) is 0 Å². The van der Waals surface area contributed by atoms with Gasteiger partial charge in [-0.15, -0.1) is 23.1 Å². The molecule has 98 valence electrons. The van der Waals surface area contributed by atoms with E-state index in [1.807, 2.05) is 6.21 Å².